The smallest absolute Gasteiger partial charge is 0.416 e. The van der Waals surface area contributed by atoms with Gasteiger partial charge in [0.25, 0.3) is 0 Å². The van der Waals surface area contributed by atoms with Crippen LogP contribution in [-0.4, -0.2) is 25.2 Å². The first-order valence-corrected chi connectivity index (χ1v) is 15.0. The molecule has 0 spiro atoms. The number of para-hydroxylation sites is 1. The SMILES string of the molecule is CCCCCc1c(-c2ccc3c(Br)c(OCc4nn[nH]n4)ccc3c2)n(Cc2ccccc2C(F)(F)F)c2ccccc12. The largest absolute Gasteiger partial charge is 0.484 e. The minimum atomic E-state index is -4.44. The van der Waals surface area contributed by atoms with Gasteiger partial charge in [-0.2, -0.15) is 18.4 Å². The zero-order valence-electron chi connectivity index (χ0n) is 23.5. The van der Waals surface area contributed by atoms with E-state index in [2.05, 4.69) is 60.2 Å². The molecule has 0 unspecified atom stereocenters. The highest BCUT2D eigenvalue weighted by atomic mass is 79.9. The quantitative estimate of drug-likeness (QED) is 0.151. The summed E-state index contributed by atoms with van der Waals surface area (Å²) in [6.45, 7) is 2.43. The Kier molecular flexibility index (Phi) is 8.21. The Morgan fingerprint density at radius 3 is 2.53 bits per heavy atom. The average Bonchev–Trinajstić information content (AvgIpc) is 3.63. The van der Waals surface area contributed by atoms with Crippen molar-refractivity contribution in [2.75, 3.05) is 0 Å². The van der Waals surface area contributed by atoms with E-state index in [1.54, 1.807) is 12.1 Å². The van der Waals surface area contributed by atoms with E-state index in [1.807, 2.05) is 42.5 Å². The number of aryl methyl sites for hydroxylation is 1. The number of tetrazole rings is 1. The summed E-state index contributed by atoms with van der Waals surface area (Å²) in [7, 11) is 0. The molecule has 0 aliphatic rings. The van der Waals surface area contributed by atoms with Crippen LogP contribution in [0.1, 0.15) is 48.7 Å². The summed E-state index contributed by atoms with van der Waals surface area (Å²) in [4.78, 5) is 0. The predicted octanol–water partition coefficient (Wildman–Crippen LogP) is 9.12. The molecule has 6 rings (SSSR count). The first kappa shape index (κ1) is 28.9. The molecule has 0 fully saturated rings. The van der Waals surface area contributed by atoms with Crippen LogP contribution in [0.25, 0.3) is 32.9 Å². The summed E-state index contributed by atoms with van der Waals surface area (Å²) in [5.41, 5.74) is 3.61. The lowest BCUT2D eigenvalue weighted by atomic mass is 9.98. The van der Waals surface area contributed by atoms with E-state index in [-0.39, 0.29) is 18.7 Å². The van der Waals surface area contributed by atoms with Gasteiger partial charge in [0.15, 0.2) is 6.61 Å². The first-order valence-electron chi connectivity index (χ1n) is 14.2. The molecule has 0 radical (unpaired) electrons. The minimum absolute atomic E-state index is 0.101. The summed E-state index contributed by atoms with van der Waals surface area (Å²) in [5.74, 6) is 1.08. The van der Waals surface area contributed by atoms with Gasteiger partial charge >= 0.3 is 6.18 Å². The van der Waals surface area contributed by atoms with Gasteiger partial charge in [-0.3, -0.25) is 0 Å². The number of hydrogen-bond donors (Lipinski definition) is 1. The number of nitrogens with zero attached hydrogens (tertiary/aromatic N) is 4. The molecule has 6 nitrogen and oxygen atoms in total. The second-order valence-corrected chi connectivity index (χ2v) is 11.3. The Morgan fingerprint density at radius 1 is 0.930 bits per heavy atom. The number of hydrogen-bond acceptors (Lipinski definition) is 4. The molecule has 0 atom stereocenters. The fourth-order valence-electron chi connectivity index (χ4n) is 5.70. The number of alkyl halides is 3. The molecule has 2 heterocycles. The van der Waals surface area contributed by atoms with Gasteiger partial charge in [0.05, 0.1) is 15.7 Å². The summed E-state index contributed by atoms with van der Waals surface area (Å²) in [5, 5.41) is 16.8. The lowest BCUT2D eigenvalue weighted by Crippen LogP contribution is -2.12. The molecular formula is C33H29BrF3N5O. The number of unbranched alkanes of at least 4 members (excludes halogenated alkanes) is 2. The van der Waals surface area contributed by atoms with E-state index in [4.69, 9.17) is 4.74 Å². The van der Waals surface area contributed by atoms with Gasteiger partial charge in [0, 0.05) is 17.4 Å². The molecular weight excluding hydrogens is 619 g/mol. The van der Waals surface area contributed by atoms with Crippen LogP contribution in [-0.2, 0) is 25.7 Å². The molecule has 2 aromatic heterocycles. The maximum absolute atomic E-state index is 14.0. The van der Waals surface area contributed by atoms with E-state index < -0.39 is 11.7 Å². The number of rotatable bonds is 10. The fourth-order valence-corrected chi connectivity index (χ4v) is 6.30. The van der Waals surface area contributed by atoms with Crippen molar-refractivity contribution in [1.29, 1.82) is 0 Å². The lowest BCUT2D eigenvalue weighted by Gasteiger charge is -2.18. The Hall–Kier alpha value is -4.18. The van der Waals surface area contributed by atoms with Crippen LogP contribution < -0.4 is 4.74 Å². The standard InChI is InChI=1S/C33H29BrF3N5O/c1-2-3-4-11-26-25-10-6-8-13-28(25)42(19-23-9-5-7-12-27(23)33(35,36)37)32(26)22-14-16-24-21(18-22)15-17-29(31(24)34)43-20-30-38-40-41-39-30/h5-10,12-18H,2-4,11,19-20H2,1H3,(H,38,39,40,41). The van der Waals surface area contributed by atoms with E-state index in [1.165, 1.54) is 6.07 Å². The van der Waals surface area contributed by atoms with Crippen molar-refractivity contribution in [3.05, 3.63) is 106 Å². The van der Waals surface area contributed by atoms with E-state index in [9.17, 15) is 13.2 Å². The molecule has 220 valence electrons. The van der Waals surface area contributed by atoms with Gasteiger partial charge in [-0.25, -0.2) is 0 Å². The molecule has 4 aromatic carbocycles. The summed E-state index contributed by atoms with van der Waals surface area (Å²) in [6.07, 6.45) is -0.456. The third kappa shape index (κ3) is 5.88. The van der Waals surface area contributed by atoms with Crippen LogP contribution >= 0.6 is 15.9 Å². The van der Waals surface area contributed by atoms with Crippen LogP contribution in [0.15, 0.2) is 83.3 Å². The number of H-pyrrole nitrogens is 1. The zero-order valence-corrected chi connectivity index (χ0v) is 25.0. The number of aromatic nitrogens is 5. The van der Waals surface area contributed by atoms with Crippen molar-refractivity contribution >= 4 is 37.6 Å². The van der Waals surface area contributed by atoms with E-state index in [0.29, 0.717) is 11.6 Å². The van der Waals surface area contributed by atoms with Crippen molar-refractivity contribution in [3.8, 4) is 17.0 Å². The van der Waals surface area contributed by atoms with Crippen LogP contribution in [0.5, 0.6) is 5.75 Å². The number of fused-ring (bicyclic) bond motifs is 2. The number of ether oxygens (including phenoxy) is 1. The van der Waals surface area contributed by atoms with Gasteiger partial charge in [0.1, 0.15) is 5.75 Å². The second-order valence-electron chi connectivity index (χ2n) is 10.5. The lowest BCUT2D eigenvalue weighted by molar-refractivity contribution is -0.138. The first-order chi connectivity index (χ1) is 20.8. The third-order valence-electron chi connectivity index (χ3n) is 7.70. The van der Waals surface area contributed by atoms with Crippen molar-refractivity contribution in [1.82, 2.24) is 25.2 Å². The zero-order chi connectivity index (χ0) is 30.0. The van der Waals surface area contributed by atoms with Crippen LogP contribution in [0.2, 0.25) is 0 Å². The molecule has 1 N–H and O–H groups in total. The molecule has 0 saturated carbocycles. The highest BCUT2D eigenvalue weighted by Crippen LogP contribution is 2.41. The average molecular weight is 649 g/mol. The summed E-state index contributed by atoms with van der Waals surface area (Å²) >= 11 is 3.70. The van der Waals surface area contributed by atoms with Crippen LogP contribution in [0.4, 0.5) is 13.2 Å². The molecule has 6 aromatic rings. The van der Waals surface area contributed by atoms with Crippen molar-refractivity contribution in [3.63, 3.8) is 0 Å². The second kappa shape index (κ2) is 12.2. The highest BCUT2D eigenvalue weighted by molar-refractivity contribution is 9.10. The van der Waals surface area contributed by atoms with Crippen molar-refractivity contribution in [2.24, 2.45) is 0 Å². The topological polar surface area (TPSA) is 68.6 Å². The number of nitrogens with one attached hydrogen (secondary N) is 1. The highest BCUT2D eigenvalue weighted by Gasteiger charge is 2.33. The number of benzene rings is 4. The summed E-state index contributed by atoms with van der Waals surface area (Å²) in [6, 6.07) is 23.9. The maximum atomic E-state index is 14.0. The molecule has 0 aliphatic carbocycles. The van der Waals surface area contributed by atoms with Gasteiger partial charge in [-0.1, -0.05) is 79.6 Å². The molecule has 0 bridgehead atoms. The normalized spacial score (nSPS) is 11.9. The molecule has 0 aliphatic heterocycles. The van der Waals surface area contributed by atoms with E-state index >= 15 is 0 Å². The van der Waals surface area contributed by atoms with Crippen LogP contribution in [0.3, 0.4) is 0 Å². The molecule has 43 heavy (non-hydrogen) atoms. The predicted molar refractivity (Wildman–Crippen MR) is 165 cm³/mol. The van der Waals surface area contributed by atoms with Gasteiger partial charge < -0.3 is 9.30 Å². The van der Waals surface area contributed by atoms with Crippen molar-refractivity contribution in [2.45, 2.75) is 51.9 Å². The molecule has 0 amide bonds. The maximum Gasteiger partial charge on any atom is 0.416 e. The Balaban J connectivity index is 1.48. The van der Waals surface area contributed by atoms with E-state index in [0.717, 1.165) is 74.7 Å². The minimum Gasteiger partial charge on any atom is -0.484 e. The van der Waals surface area contributed by atoms with Gasteiger partial charge in [-0.15, -0.1) is 10.2 Å². The summed E-state index contributed by atoms with van der Waals surface area (Å²) < 4.78 is 50.9. The van der Waals surface area contributed by atoms with Gasteiger partial charge in [0.2, 0.25) is 5.82 Å². The molecule has 0 saturated heterocycles. The van der Waals surface area contributed by atoms with Gasteiger partial charge in [-0.05, 0) is 80.5 Å². The number of aromatic amines is 1. The fraction of sp³-hybridized carbons (Fsp3) is 0.242. The molecule has 10 heteroatoms. The Bertz CT molecular complexity index is 1880. The Morgan fingerprint density at radius 2 is 1.74 bits per heavy atom. The monoisotopic (exact) mass is 647 g/mol. The van der Waals surface area contributed by atoms with Crippen molar-refractivity contribution < 1.29 is 17.9 Å². The third-order valence-corrected chi connectivity index (χ3v) is 8.51. The van der Waals surface area contributed by atoms with Crippen LogP contribution in [0, 0.1) is 0 Å². The number of halogens is 4. The Labute approximate surface area is 255 Å².